The number of thioether (sulfide) groups is 1. The number of nitrogens with one attached hydrogen (secondary N) is 1. The summed E-state index contributed by atoms with van der Waals surface area (Å²) in [7, 11) is 2.96. The molecule has 1 unspecified atom stereocenters. The van der Waals surface area contributed by atoms with E-state index in [1.807, 2.05) is 42.5 Å². The highest BCUT2D eigenvalue weighted by Crippen LogP contribution is 2.42. The number of piperazine rings is 1. The summed E-state index contributed by atoms with van der Waals surface area (Å²) in [4.78, 5) is 30.1. The lowest BCUT2D eigenvalue weighted by atomic mass is 9.85. The molecule has 0 spiro atoms. The molecule has 2 aliphatic heterocycles. The molecule has 0 amide bonds. The van der Waals surface area contributed by atoms with Crippen molar-refractivity contribution in [1.29, 1.82) is 0 Å². The third-order valence-corrected chi connectivity index (χ3v) is 8.49. The zero-order chi connectivity index (χ0) is 28.6. The third-order valence-electron chi connectivity index (χ3n) is 7.32. The average Bonchev–Trinajstić information content (AvgIpc) is 2.96. The summed E-state index contributed by atoms with van der Waals surface area (Å²) in [6.45, 7) is 6.55. The van der Waals surface area contributed by atoms with Crippen LogP contribution in [0.25, 0.3) is 0 Å². The molecule has 0 aromatic heterocycles. The molecule has 1 saturated heterocycles. The van der Waals surface area contributed by atoms with Gasteiger partial charge in [0.15, 0.2) is 0 Å². The molecule has 0 aliphatic carbocycles. The monoisotopic (exact) mass is 567 g/mol. The molecule has 2 aromatic rings. The normalized spacial score (nSPS) is 18.0. The number of ether oxygens (including phenoxy) is 2. The first kappa shape index (κ1) is 29.3. The number of nitro groups is 1. The number of nitrogens with two attached hydrogens (primary N) is 1. The van der Waals surface area contributed by atoms with E-state index < -0.39 is 16.8 Å². The van der Waals surface area contributed by atoms with Gasteiger partial charge in [-0.05, 0) is 55.8 Å². The number of dihydropyridines is 1. The van der Waals surface area contributed by atoms with E-state index in [0.717, 1.165) is 67.7 Å². The van der Waals surface area contributed by atoms with Gasteiger partial charge in [0.1, 0.15) is 17.5 Å². The van der Waals surface area contributed by atoms with E-state index in [0.29, 0.717) is 11.3 Å². The van der Waals surface area contributed by atoms with E-state index in [2.05, 4.69) is 21.2 Å². The Bertz CT molecular complexity index is 1290. The minimum absolute atomic E-state index is 0.0557. The molecule has 2 heterocycles. The Balaban J connectivity index is 1.35. The Morgan fingerprint density at radius 1 is 1.10 bits per heavy atom. The van der Waals surface area contributed by atoms with Crippen molar-refractivity contribution in [1.82, 2.24) is 10.2 Å². The standard InChI is InChI=1S/C29H37N5O5S/c1-20-27(34(36)37)25(26(28(30)31-20)29(35)39-3)21-10-4-7-13-24(21)40-19-9-8-14-32-15-17-33(18-16-32)22-11-5-6-12-23(22)38-2/h4-7,10-13,25,31H,8-9,14-19,30H2,1-3H3. The van der Waals surface area contributed by atoms with Crippen LogP contribution in [0.3, 0.4) is 0 Å². The molecular weight excluding hydrogens is 530 g/mol. The summed E-state index contributed by atoms with van der Waals surface area (Å²) in [6, 6.07) is 15.6. The number of hydrogen-bond donors (Lipinski definition) is 2. The van der Waals surface area contributed by atoms with Crippen molar-refractivity contribution in [2.24, 2.45) is 5.73 Å². The van der Waals surface area contributed by atoms with E-state index in [1.54, 1.807) is 25.8 Å². The quantitative estimate of drug-likeness (QED) is 0.136. The fourth-order valence-corrected chi connectivity index (χ4v) is 6.39. The van der Waals surface area contributed by atoms with Gasteiger partial charge in [0.25, 0.3) is 5.70 Å². The topological polar surface area (TPSA) is 123 Å². The Hall–Kier alpha value is -3.70. The molecule has 0 bridgehead atoms. The van der Waals surface area contributed by atoms with Gasteiger partial charge in [0.05, 0.1) is 36.1 Å². The van der Waals surface area contributed by atoms with Crippen molar-refractivity contribution in [2.75, 3.05) is 57.6 Å². The van der Waals surface area contributed by atoms with Crippen molar-refractivity contribution < 1.29 is 19.2 Å². The van der Waals surface area contributed by atoms with Gasteiger partial charge < -0.3 is 25.4 Å². The minimum Gasteiger partial charge on any atom is -0.495 e. The van der Waals surface area contributed by atoms with E-state index in [1.165, 1.54) is 7.11 Å². The first-order chi connectivity index (χ1) is 19.3. The van der Waals surface area contributed by atoms with Crippen LogP contribution in [0, 0.1) is 10.1 Å². The van der Waals surface area contributed by atoms with Gasteiger partial charge >= 0.3 is 5.97 Å². The SMILES string of the molecule is COC(=O)C1=C(N)NC(C)=C([N+](=O)[O-])C1c1ccccc1SCCCCN1CCN(c2ccccc2OC)CC1. The molecule has 214 valence electrons. The van der Waals surface area contributed by atoms with E-state index in [4.69, 9.17) is 15.2 Å². The van der Waals surface area contributed by atoms with Crippen LogP contribution in [0.15, 0.2) is 76.2 Å². The van der Waals surface area contributed by atoms with Gasteiger partial charge in [-0.15, -0.1) is 11.8 Å². The highest BCUT2D eigenvalue weighted by Gasteiger charge is 2.42. The summed E-state index contributed by atoms with van der Waals surface area (Å²) < 4.78 is 10.5. The molecule has 10 nitrogen and oxygen atoms in total. The van der Waals surface area contributed by atoms with Gasteiger partial charge in [0.2, 0.25) is 0 Å². The Morgan fingerprint density at radius 3 is 2.50 bits per heavy atom. The van der Waals surface area contributed by atoms with Crippen molar-refractivity contribution in [3.8, 4) is 5.75 Å². The van der Waals surface area contributed by atoms with Crippen LogP contribution in [0.5, 0.6) is 5.75 Å². The highest BCUT2D eigenvalue weighted by molar-refractivity contribution is 7.99. The number of para-hydroxylation sites is 2. The fraction of sp³-hybridized carbons (Fsp3) is 0.414. The lowest BCUT2D eigenvalue weighted by Crippen LogP contribution is -2.46. The number of anilines is 1. The number of unbranched alkanes of at least 4 members (excludes halogenated alkanes) is 1. The number of esters is 1. The lowest BCUT2D eigenvalue weighted by molar-refractivity contribution is -0.431. The van der Waals surface area contributed by atoms with Crippen LogP contribution in [0.4, 0.5) is 5.69 Å². The van der Waals surface area contributed by atoms with E-state index in [-0.39, 0.29) is 17.1 Å². The maximum Gasteiger partial charge on any atom is 0.338 e. The molecular formula is C29H37N5O5S. The van der Waals surface area contributed by atoms with Crippen molar-refractivity contribution in [3.63, 3.8) is 0 Å². The van der Waals surface area contributed by atoms with Crippen LogP contribution in [-0.4, -0.2) is 68.5 Å². The van der Waals surface area contributed by atoms with Gasteiger partial charge in [-0.2, -0.15) is 0 Å². The van der Waals surface area contributed by atoms with E-state index in [9.17, 15) is 14.9 Å². The summed E-state index contributed by atoms with van der Waals surface area (Å²) in [5.41, 5.74) is 8.23. The van der Waals surface area contributed by atoms with E-state index >= 15 is 0 Å². The predicted octanol–water partition coefficient (Wildman–Crippen LogP) is 3.93. The molecule has 2 aliphatic rings. The van der Waals surface area contributed by atoms with Gasteiger partial charge in [-0.1, -0.05) is 30.3 Å². The Labute approximate surface area is 239 Å². The molecule has 2 aromatic carbocycles. The Kier molecular flexibility index (Phi) is 9.94. The second-order valence-corrected chi connectivity index (χ2v) is 10.9. The summed E-state index contributed by atoms with van der Waals surface area (Å²) >= 11 is 1.64. The fourth-order valence-electron chi connectivity index (χ4n) is 5.30. The molecule has 0 saturated carbocycles. The first-order valence-corrected chi connectivity index (χ1v) is 14.4. The maximum atomic E-state index is 12.7. The predicted molar refractivity (Wildman–Crippen MR) is 157 cm³/mol. The molecule has 11 heteroatoms. The largest absolute Gasteiger partial charge is 0.495 e. The van der Waals surface area contributed by atoms with Crippen LogP contribution in [-0.2, 0) is 9.53 Å². The molecule has 40 heavy (non-hydrogen) atoms. The number of methoxy groups -OCH3 is 2. The number of allylic oxidation sites excluding steroid dienone is 2. The van der Waals surface area contributed by atoms with Crippen LogP contribution < -0.4 is 20.7 Å². The zero-order valence-electron chi connectivity index (χ0n) is 23.2. The zero-order valence-corrected chi connectivity index (χ0v) is 24.0. The van der Waals surface area contributed by atoms with Crippen LogP contribution in [0.1, 0.15) is 31.2 Å². The molecule has 1 fully saturated rings. The van der Waals surface area contributed by atoms with Gasteiger partial charge in [-0.3, -0.25) is 15.0 Å². The summed E-state index contributed by atoms with van der Waals surface area (Å²) in [6.07, 6.45) is 2.05. The molecule has 0 radical (unpaired) electrons. The smallest absolute Gasteiger partial charge is 0.338 e. The number of rotatable bonds is 11. The number of nitrogens with zero attached hydrogens (tertiary/aromatic N) is 3. The second kappa shape index (κ2) is 13.6. The third kappa shape index (κ3) is 6.53. The number of hydrogen-bond acceptors (Lipinski definition) is 10. The second-order valence-electron chi connectivity index (χ2n) is 9.74. The lowest BCUT2D eigenvalue weighted by Gasteiger charge is -2.36. The van der Waals surface area contributed by atoms with Crippen LogP contribution in [0.2, 0.25) is 0 Å². The van der Waals surface area contributed by atoms with Crippen molar-refractivity contribution in [2.45, 2.75) is 30.6 Å². The minimum atomic E-state index is -0.924. The molecule has 4 rings (SSSR count). The van der Waals surface area contributed by atoms with Crippen LogP contribution >= 0.6 is 11.8 Å². The van der Waals surface area contributed by atoms with Gasteiger partial charge in [0, 0.05) is 31.1 Å². The van der Waals surface area contributed by atoms with Crippen molar-refractivity contribution >= 4 is 23.4 Å². The molecule has 3 N–H and O–H groups in total. The average molecular weight is 568 g/mol. The molecule has 1 atom stereocenters. The summed E-state index contributed by atoms with van der Waals surface area (Å²) in [5, 5.41) is 14.9. The van der Waals surface area contributed by atoms with Gasteiger partial charge in [-0.25, -0.2) is 4.79 Å². The first-order valence-electron chi connectivity index (χ1n) is 13.4. The Morgan fingerprint density at radius 2 is 1.80 bits per heavy atom. The maximum absolute atomic E-state index is 12.7. The van der Waals surface area contributed by atoms with Crippen molar-refractivity contribution in [3.05, 3.63) is 87.0 Å². The number of benzene rings is 2. The number of carbonyl (C=O) groups excluding carboxylic acids is 1. The highest BCUT2D eigenvalue weighted by atomic mass is 32.2. The number of carbonyl (C=O) groups is 1. The summed E-state index contributed by atoms with van der Waals surface area (Å²) in [5.74, 6) is 0.224.